The Morgan fingerprint density at radius 1 is 0.950 bits per heavy atom. The number of carbonyl (C=O) groups excluding carboxylic acids is 2. The van der Waals surface area contributed by atoms with Gasteiger partial charge in [0.1, 0.15) is 30.8 Å². The number of benzene rings is 3. The van der Waals surface area contributed by atoms with E-state index < -0.39 is 40.2 Å². The van der Waals surface area contributed by atoms with Gasteiger partial charge in [0.15, 0.2) is 0 Å². The van der Waals surface area contributed by atoms with E-state index in [0.29, 0.717) is 18.8 Å². The maximum Gasteiger partial charge on any atom is 0.244 e. The van der Waals surface area contributed by atoms with Gasteiger partial charge in [0, 0.05) is 18.2 Å². The Kier molecular flexibility index (Phi) is 10.7. The number of halogens is 1. The maximum atomic E-state index is 14.5. The minimum atomic E-state index is -3.89. The van der Waals surface area contributed by atoms with Crippen LogP contribution in [0.2, 0.25) is 0 Å². The van der Waals surface area contributed by atoms with Gasteiger partial charge in [-0.1, -0.05) is 55.5 Å². The lowest BCUT2D eigenvalue weighted by Gasteiger charge is -2.32. The second-order valence-corrected chi connectivity index (χ2v) is 11.6. The molecule has 40 heavy (non-hydrogen) atoms. The smallest absolute Gasteiger partial charge is 0.244 e. The van der Waals surface area contributed by atoms with Crippen molar-refractivity contribution in [3.63, 3.8) is 0 Å². The molecule has 2 atom stereocenters. The van der Waals surface area contributed by atoms with Crippen molar-refractivity contribution in [1.29, 1.82) is 0 Å². The van der Waals surface area contributed by atoms with Crippen molar-refractivity contribution in [2.45, 2.75) is 52.4 Å². The van der Waals surface area contributed by atoms with Gasteiger partial charge in [-0.2, -0.15) is 0 Å². The molecule has 0 spiro atoms. The molecule has 0 saturated heterocycles. The number of sulfonamides is 1. The minimum absolute atomic E-state index is 0.129. The van der Waals surface area contributed by atoms with Crippen molar-refractivity contribution in [3.8, 4) is 5.75 Å². The van der Waals surface area contributed by atoms with Crippen LogP contribution in [-0.2, 0) is 32.8 Å². The normalized spacial score (nSPS) is 12.7. The highest BCUT2D eigenvalue weighted by molar-refractivity contribution is 7.92. The molecule has 2 amide bonds. The SMILES string of the molecule is CC[C@H](C)NC(=O)[C@@H](C)N(Cc1ccccc1F)C(=O)CN(c1ccc(OCc2ccccc2)cc1)S(C)(=O)=O. The lowest BCUT2D eigenvalue weighted by Crippen LogP contribution is -2.52. The maximum absolute atomic E-state index is 14.5. The average molecular weight is 570 g/mol. The number of ether oxygens (including phenoxy) is 1. The Balaban J connectivity index is 1.83. The fraction of sp³-hybridized carbons (Fsp3) is 0.333. The van der Waals surface area contributed by atoms with Crippen molar-refractivity contribution in [1.82, 2.24) is 10.2 Å². The van der Waals surface area contributed by atoms with E-state index in [-0.39, 0.29) is 23.8 Å². The number of nitrogens with one attached hydrogen (secondary N) is 1. The first kappa shape index (κ1) is 30.6. The highest BCUT2D eigenvalue weighted by Gasteiger charge is 2.31. The fourth-order valence-electron chi connectivity index (χ4n) is 3.92. The van der Waals surface area contributed by atoms with E-state index in [1.165, 1.54) is 23.1 Å². The number of anilines is 1. The van der Waals surface area contributed by atoms with E-state index in [1.807, 2.05) is 44.2 Å². The molecule has 0 saturated carbocycles. The molecule has 3 aromatic rings. The summed E-state index contributed by atoms with van der Waals surface area (Å²) in [7, 11) is -3.89. The van der Waals surface area contributed by atoms with Crippen LogP contribution < -0.4 is 14.4 Å². The van der Waals surface area contributed by atoms with Gasteiger partial charge in [0.25, 0.3) is 0 Å². The van der Waals surface area contributed by atoms with Crippen LogP contribution in [0.3, 0.4) is 0 Å². The molecule has 8 nitrogen and oxygen atoms in total. The zero-order valence-corrected chi connectivity index (χ0v) is 24.0. The molecule has 0 radical (unpaired) electrons. The van der Waals surface area contributed by atoms with Crippen LogP contribution >= 0.6 is 0 Å². The summed E-state index contributed by atoms with van der Waals surface area (Å²) in [6.45, 7) is 4.87. The molecular weight excluding hydrogens is 533 g/mol. The largest absolute Gasteiger partial charge is 0.489 e. The first-order valence-electron chi connectivity index (χ1n) is 13.1. The first-order valence-corrected chi connectivity index (χ1v) is 14.9. The van der Waals surface area contributed by atoms with Crippen molar-refractivity contribution >= 4 is 27.5 Å². The summed E-state index contributed by atoms with van der Waals surface area (Å²) < 4.78 is 46.8. The quantitative estimate of drug-likeness (QED) is 0.327. The molecule has 3 aromatic carbocycles. The van der Waals surface area contributed by atoms with Gasteiger partial charge in [-0.3, -0.25) is 13.9 Å². The Labute approximate surface area is 235 Å². The van der Waals surface area contributed by atoms with E-state index in [2.05, 4.69) is 5.32 Å². The molecule has 0 fully saturated rings. The predicted molar refractivity (Wildman–Crippen MR) is 154 cm³/mol. The standard InChI is InChI=1S/C30H36FN3O5S/c1-5-22(2)32-30(36)23(3)33(19-25-13-9-10-14-28(25)31)29(35)20-34(40(4,37)38)26-15-17-27(18-16-26)39-21-24-11-7-6-8-12-24/h6-18,22-23H,5,19-21H2,1-4H3,(H,32,36)/t22-,23+/m0/s1. The summed E-state index contributed by atoms with van der Waals surface area (Å²) in [5.74, 6) is -1.06. The van der Waals surface area contributed by atoms with Crippen molar-refractivity contribution in [3.05, 3.63) is 95.8 Å². The second-order valence-electron chi connectivity index (χ2n) is 9.64. The van der Waals surface area contributed by atoms with Gasteiger partial charge in [-0.25, -0.2) is 12.8 Å². The number of nitrogens with zero attached hydrogens (tertiary/aromatic N) is 2. The van der Waals surface area contributed by atoms with Crippen LogP contribution in [0.5, 0.6) is 5.75 Å². The molecule has 0 heterocycles. The summed E-state index contributed by atoms with van der Waals surface area (Å²) in [6, 6.07) is 20.8. The van der Waals surface area contributed by atoms with Crippen LogP contribution in [-0.4, -0.2) is 50.0 Å². The second kappa shape index (κ2) is 13.9. The predicted octanol–water partition coefficient (Wildman–Crippen LogP) is 4.50. The summed E-state index contributed by atoms with van der Waals surface area (Å²) in [4.78, 5) is 27.8. The molecule has 0 unspecified atom stereocenters. The van der Waals surface area contributed by atoms with Gasteiger partial charge in [-0.05, 0) is 56.2 Å². The molecule has 1 N–H and O–H groups in total. The molecule has 3 rings (SSSR count). The van der Waals surface area contributed by atoms with E-state index >= 15 is 0 Å². The lowest BCUT2D eigenvalue weighted by atomic mass is 10.1. The van der Waals surface area contributed by atoms with Crippen LogP contribution in [0.4, 0.5) is 10.1 Å². The zero-order chi connectivity index (χ0) is 29.3. The summed E-state index contributed by atoms with van der Waals surface area (Å²) in [6.07, 6.45) is 1.69. The highest BCUT2D eigenvalue weighted by Crippen LogP contribution is 2.23. The Hall–Kier alpha value is -3.92. The topological polar surface area (TPSA) is 96.0 Å². The zero-order valence-electron chi connectivity index (χ0n) is 23.2. The molecule has 0 aliphatic heterocycles. The summed E-state index contributed by atoms with van der Waals surface area (Å²) in [5, 5.41) is 2.84. The number of carbonyl (C=O) groups is 2. The Morgan fingerprint density at radius 2 is 1.57 bits per heavy atom. The van der Waals surface area contributed by atoms with E-state index in [0.717, 1.165) is 16.1 Å². The Morgan fingerprint density at radius 3 is 2.17 bits per heavy atom. The minimum Gasteiger partial charge on any atom is -0.489 e. The molecule has 0 aliphatic rings. The molecule has 0 aromatic heterocycles. The number of hydrogen-bond donors (Lipinski definition) is 1. The molecule has 10 heteroatoms. The Bertz CT molecular complexity index is 1380. The first-order chi connectivity index (χ1) is 19.0. The molecular formula is C30H36FN3O5S. The number of hydrogen-bond acceptors (Lipinski definition) is 5. The molecule has 214 valence electrons. The van der Waals surface area contributed by atoms with Crippen molar-refractivity contribution < 1.29 is 27.1 Å². The van der Waals surface area contributed by atoms with E-state index in [4.69, 9.17) is 4.74 Å². The van der Waals surface area contributed by atoms with Crippen molar-refractivity contribution in [2.24, 2.45) is 0 Å². The fourth-order valence-corrected chi connectivity index (χ4v) is 4.77. The van der Waals surface area contributed by atoms with Crippen LogP contribution in [0.1, 0.15) is 38.3 Å². The number of amides is 2. The lowest BCUT2D eigenvalue weighted by molar-refractivity contribution is -0.139. The van der Waals surface area contributed by atoms with Gasteiger partial charge in [0.2, 0.25) is 21.8 Å². The summed E-state index contributed by atoms with van der Waals surface area (Å²) >= 11 is 0. The van der Waals surface area contributed by atoms with Crippen LogP contribution in [0, 0.1) is 5.82 Å². The van der Waals surface area contributed by atoms with Gasteiger partial charge in [0.05, 0.1) is 11.9 Å². The molecule has 0 bridgehead atoms. The number of rotatable bonds is 13. The van der Waals surface area contributed by atoms with Gasteiger partial charge < -0.3 is 15.0 Å². The highest BCUT2D eigenvalue weighted by atomic mass is 32.2. The monoisotopic (exact) mass is 569 g/mol. The van der Waals surface area contributed by atoms with Gasteiger partial charge >= 0.3 is 0 Å². The van der Waals surface area contributed by atoms with Crippen LogP contribution in [0.15, 0.2) is 78.9 Å². The third-order valence-electron chi connectivity index (χ3n) is 6.52. The third kappa shape index (κ3) is 8.54. The summed E-state index contributed by atoms with van der Waals surface area (Å²) in [5.41, 5.74) is 1.45. The molecule has 0 aliphatic carbocycles. The van der Waals surface area contributed by atoms with Crippen molar-refractivity contribution in [2.75, 3.05) is 17.1 Å². The average Bonchev–Trinajstić information content (AvgIpc) is 2.94. The third-order valence-corrected chi connectivity index (χ3v) is 7.66. The van der Waals surface area contributed by atoms with Gasteiger partial charge in [-0.15, -0.1) is 0 Å². The van der Waals surface area contributed by atoms with Crippen LogP contribution in [0.25, 0.3) is 0 Å². The van der Waals surface area contributed by atoms with E-state index in [9.17, 15) is 22.4 Å². The van der Waals surface area contributed by atoms with E-state index in [1.54, 1.807) is 37.3 Å².